The lowest BCUT2D eigenvalue weighted by molar-refractivity contribution is 0.0698. The molecule has 142 valence electrons. The standard InChI is InChI=1S/C19H12Cl2N2O4S/c20-12-6-3-5-11(16(12)21)14-8-9-15(27-14)17(24)23-19(28)22-13-7-2-1-4-10(13)18(25)26/h1-9H,(H,25,26)(H2,22,23,24,28). The molecule has 6 nitrogen and oxygen atoms in total. The number of benzene rings is 2. The van der Waals surface area contributed by atoms with E-state index in [1.807, 2.05) is 0 Å². The van der Waals surface area contributed by atoms with Gasteiger partial charge in [0, 0.05) is 5.56 Å². The normalized spacial score (nSPS) is 10.4. The van der Waals surface area contributed by atoms with Crippen molar-refractivity contribution in [1.29, 1.82) is 0 Å². The molecular formula is C19H12Cl2N2O4S. The summed E-state index contributed by atoms with van der Waals surface area (Å²) in [5.41, 5.74) is 0.824. The van der Waals surface area contributed by atoms with Crippen LogP contribution in [0, 0.1) is 0 Å². The third-order valence-electron chi connectivity index (χ3n) is 3.68. The van der Waals surface area contributed by atoms with Crippen molar-refractivity contribution in [3.63, 3.8) is 0 Å². The fourth-order valence-corrected chi connectivity index (χ4v) is 2.99. The second-order valence-corrected chi connectivity index (χ2v) is 6.72. The lowest BCUT2D eigenvalue weighted by Gasteiger charge is -2.10. The summed E-state index contributed by atoms with van der Waals surface area (Å²) in [6.07, 6.45) is 0. The molecule has 0 unspecified atom stereocenters. The van der Waals surface area contributed by atoms with Crippen LogP contribution in [0.2, 0.25) is 10.0 Å². The van der Waals surface area contributed by atoms with E-state index in [0.717, 1.165) is 0 Å². The summed E-state index contributed by atoms with van der Waals surface area (Å²) in [6.45, 7) is 0. The van der Waals surface area contributed by atoms with Crippen molar-refractivity contribution in [2.45, 2.75) is 0 Å². The zero-order chi connectivity index (χ0) is 20.3. The number of hydrogen-bond donors (Lipinski definition) is 3. The van der Waals surface area contributed by atoms with Gasteiger partial charge in [-0.15, -0.1) is 0 Å². The second kappa shape index (κ2) is 8.43. The number of amides is 1. The SMILES string of the molecule is O=C(NC(=S)Nc1ccccc1C(=O)O)c1ccc(-c2cccc(Cl)c2Cl)o1. The monoisotopic (exact) mass is 434 g/mol. The second-order valence-electron chi connectivity index (χ2n) is 5.52. The Morgan fingerprint density at radius 1 is 1.00 bits per heavy atom. The van der Waals surface area contributed by atoms with Crippen LogP contribution in [0.5, 0.6) is 0 Å². The van der Waals surface area contributed by atoms with Gasteiger partial charge < -0.3 is 14.8 Å². The quantitative estimate of drug-likeness (QED) is 0.496. The molecule has 0 aliphatic heterocycles. The van der Waals surface area contributed by atoms with Crippen LogP contribution < -0.4 is 10.6 Å². The molecule has 0 radical (unpaired) electrons. The number of thiocarbonyl (C=S) groups is 1. The summed E-state index contributed by atoms with van der Waals surface area (Å²) in [5, 5.41) is 14.9. The minimum absolute atomic E-state index is 0.00159. The van der Waals surface area contributed by atoms with Crippen LogP contribution in [0.15, 0.2) is 59.0 Å². The molecule has 0 fully saturated rings. The first-order valence-electron chi connectivity index (χ1n) is 7.85. The number of para-hydroxylation sites is 1. The zero-order valence-corrected chi connectivity index (χ0v) is 16.4. The molecule has 0 aliphatic rings. The molecular weight excluding hydrogens is 423 g/mol. The van der Waals surface area contributed by atoms with Crippen molar-refractivity contribution in [2.75, 3.05) is 5.32 Å². The number of rotatable bonds is 4. The Hall–Kier alpha value is -2.87. The molecule has 1 aromatic heterocycles. The van der Waals surface area contributed by atoms with Gasteiger partial charge in [0.15, 0.2) is 10.9 Å². The number of carboxylic acids is 1. The highest BCUT2D eigenvalue weighted by atomic mass is 35.5. The number of carbonyl (C=O) groups excluding carboxylic acids is 1. The molecule has 2 aromatic carbocycles. The minimum Gasteiger partial charge on any atom is -0.478 e. The zero-order valence-electron chi connectivity index (χ0n) is 14.0. The molecule has 28 heavy (non-hydrogen) atoms. The maximum absolute atomic E-state index is 12.4. The smallest absolute Gasteiger partial charge is 0.337 e. The largest absolute Gasteiger partial charge is 0.478 e. The molecule has 0 saturated heterocycles. The summed E-state index contributed by atoms with van der Waals surface area (Å²) in [6, 6.07) is 14.3. The topological polar surface area (TPSA) is 91.6 Å². The van der Waals surface area contributed by atoms with Crippen molar-refractivity contribution in [3.05, 3.63) is 76.0 Å². The summed E-state index contributed by atoms with van der Waals surface area (Å²) < 4.78 is 5.54. The number of halogens is 2. The first-order valence-corrected chi connectivity index (χ1v) is 9.02. The van der Waals surface area contributed by atoms with Gasteiger partial charge >= 0.3 is 5.97 Å². The van der Waals surface area contributed by atoms with E-state index < -0.39 is 11.9 Å². The molecule has 0 aliphatic carbocycles. The Bertz CT molecular complexity index is 1080. The fourth-order valence-electron chi connectivity index (χ4n) is 2.40. The Balaban J connectivity index is 1.72. The number of furan rings is 1. The molecule has 0 bridgehead atoms. The van der Waals surface area contributed by atoms with Crippen molar-refractivity contribution >= 4 is 58.1 Å². The highest BCUT2D eigenvalue weighted by Crippen LogP contribution is 2.34. The Labute approximate surface area is 175 Å². The van der Waals surface area contributed by atoms with E-state index in [4.69, 9.17) is 39.8 Å². The van der Waals surface area contributed by atoms with Gasteiger partial charge in [0.05, 0.1) is 21.3 Å². The van der Waals surface area contributed by atoms with Gasteiger partial charge in [0.1, 0.15) is 5.76 Å². The Morgan fingerprint density at radius 2 is 1.75 bits per heavy atom. The van der Waals surface area contributed by atoms with Gasteiger partial charge in [0.2, 0.25) is 0 Å². The molecule has 1 heterocycles. The predicted molar refractivity (Wildman–Crippen MR) is 111 cm³/mol. The van der Waals surface area contributed by atoms with Crippen LogP contribution in [0.3, 0.4) is 0 Å². The maximum atomic E-state index is 12.4. The lowest BCUT2D eigenvalue weighted by atomic mass is 10.2. The van der Waals surface area contributed by atoms with Gasteiger partial charge in [0.25, 0.3) is 5.91 Å². The van der Waals surface area contributed by atoms with E-state index in [1.54, 1.807) is 36.4 Å². The number of aromatic carboxylic acids is 1. The molecule has 0 saturated carbocycles. The van der Waals surface area contributed by atoms with Crippen LogP contribution in [0.4, 0.5) is 5.69 Å². The first kappa shape index (κ1) is 19.9. The number of carbonyl (C=O) groups is 2. The molecule has 1 amide bonds. The average molecular weight is 435 g/mol. The maximum Gasteiger partial charge on any atom is 0.337 e. The van der Waals surface area contributed by atoms with Gasteiger partial charge in [-0.05, 0) is 48.6 Å². The molecule has 9 heteroatoms. The molecule has 0 atom stereocenters. The van der Waals surface area contributed by atoms with Gasteiger partial charge in [-0.3, -0.25) is 10.1 Å². The number of hydrogen-bond acceptors (Lipinski definition) is 4. The van der Waals surface area contributed by atoms with Crippen LogP contribution in [0.25, 0.3) is 11.3 Å². The van der Waals surface area contributed by atoms with Gasteiger partial charge in [-0.1, -0.05) is 41.4 Å². The van der Waals surface area contributed by atoms with E-state index in [0.29, 0.717) is 21.4 Å². The van der Waals surface area contributed by atoms with Crippen LogP contribution in [-0.4, -0.2) is 22.1 Å². The van der Waals surface area contributed by atoms with E-state index in [-0.39, 0.29) is 22.1 Å². The van der Waals surface area contributed by atoms with Gasteiger partial charge in [-0.25, -0.2) is 4.79 Å². The van der Waals surface area contributed by atoms with Crippen molar-refractivity contribution in [1.82, 2.24) is 5.32 Å². The summed E-state index contributed by atoms with van der Waals surface area (Å²) in [5.74, 6) is -1.35. The van der Waals surface area contributed by atoms with Crippen LogP contribution in [-0.2, 0) is 0 Å². The molecule has 3 aromatic rings. The summed E-state index contributed by atoms with van der Waals surface area (Å²) in [7, 11) is 0. The van der Waals surface area contributed by atoms with E-state index in [1.165, 1.54) is 18.2 Å². The fraction of sp³-hybridized carbons (Fsp3) is 0. The average Bonchev–Trinajstić information content (AvgIpc) is 3.14. The van der Waals surface area contributed by atoms with Crippen molar-refractivity contribution < 1.29 is 19.1 Å². The third kappa shape index (κ3) is 4.33. The van der Waals surface area contributed by atoms with E-state index in [9.17, 15) is 14.7 Å². The molecule has 0 spiro atoms. The van der Waals surface area contributed by atoms with Crippen LogP contribution in [0.1, 0.15) is 20.9 Å². The number of nitrogens with one attached hydrogen (secondary N) is 2. The predicted octanol–water partition coefficient (Wildman–Crippen LogP) is 5.08. The van der Waals surface area contributed by atoms with E-state index >= 15 is 0 Å². The Morgan fingerprint density at radius 3 is 2.50 bits per heavy atom. The number of anilines is 1. The van der Waals surface area contributed by atoms with Crippen molar-refractivity contribution in [3.8, 4) is 11.3 Å². The minimum atomic E-state index is -1.12. The Kier molecular flexibility index (Phi) is 5.99. The molecule has 3 N–H and O–H groups in total. The summed E-state index contributed by atoms with van der Waals surface area (Å²) in [4.78, 5) is 23.6. The first-order chi connectivity index (χ1) is 13.4. The number of carboxylic acid groups (broad SMARTS) is 1. The highest BCUT2D eigenvalue weighted by molar-refractivity contribution is 7.80. The molecule has 3 rings (SSSR count). The van der Waals surface area contributed by atoms with Crippen LogP contribution >= 0.6 is 35.4 Å². The van der Waals surface area contributed by atoms with Crippen molar-refractivity contribution in [2.24, 2.45) is 0 Å². The lowest BCUT2D eigenvalue weighted by Crippen LogP contribution is -2.34. The summed E-state index contributed by atoms with van der Waals surface area (Å²) >= 11 is 17.2. The highest BCUT2D eigenvalue weighted by Gasteiger charge is 2.17. The van der Waals surface area contributed by atoms with Gasteiger partial charge in [-0.2, -0.15) is 0 Å². The third-order valence-corrected chi connectivity index (χ3v) is 4.70. The van der Waals surface area contributed by atoms with E-state index in [2.05, 4.69) is 10.6 Å².